The lowest BCUT2D eigenvalue weighted by atomic mass is 10.1. The minimum absolute atomic E-state index is 0.0113. The monoisotopic (exact) mass is 445 g/mol. The number of fused-ring (bicyclic) bond motifs is 1. The minimum atomic E-state index is -0.671. The predicted octanol–water partition coefficient (Wildman–Crippen LogP) is 3.42. The molecular formula is C21H20ClN3O4S. The van der Waals surface area contributed by atoms with Gasteiger partial charge in [0.1, 0.15) is 6.04 Å². The Morgan fingerprint density at radius 3 is 2.67 bits per heavy atom. The molecule has 2 aliphatic heterocycles. The summed E-state index contributed by atoms with van der Waals surface area (Å²) >= 11 is 11.4. The van der Waals surface area contributed by atoms with E-state index in [9.17, 15) is 9.59 Å². The van der Waals surface area contributed by atoms with Crippen LogP contribution in [0, 0.1) is 0 Å². The number of rotatable bonds is 6. The van der Waals surface area contributed by atoms with Crippen molar-refractivity contribution in [1.29, 1.82) is 0 Å². The molecule has 7 nitrogen and oxygen atoms in total. The topological polar surface area (TPSA) is 71.1 Å². The Kier molecular flexibility index (Phi) is 5.78. The Hall–Kier alpha value is -2.84. The molecule has 0 aromatic heterocycles. The second-order valence-corrected chi connectivity index (χ2v) is 7.76. The minimum Gasteiger partial charge on any atom is -0.454 e. The van der Waals surface area contributed by atoms with Crippen molar-refractivity contribution in [2.75, 3.05) is 18.7 Å². The first-order chi connectivity index (χ1) is 14.5. The molecule has 0 saturated carbocycles. The van der Waals surface area contributed by atoms with Gasteiger partial charge in [-0.25, -0.2) is 0 Å². The van der Waals surface area contributed by atoms with Crippen LogP contribution in [-0.4, -0.2) is 46.1 Å². The Labute approximate surface area is 184 Å². The van der Waals surface area contributed by atoms with E-state index in [0.717, 1.165) is 5.56 Å². The number of carbonyl (C=O) groups is 2. The van der Waals surface area contributed by atoms with Crippen molar-refractivity contribution in [3.05, 3.63) is 53.1 Å². The van der Waals surface area contributed by atoms with Crippen molar-refractivity contribution in [3.8, 4) is 11.5 Å². The lowest BCUT2D eigenvalue weighted by Gasteiger charge is -2.24. The third-order valence-corrected chi connectivity index (χ3v) is 5.72. The second-order valence-electron chi connectivity index (χ2n) is 6.96. The third kappa shape index (κ3) is 4.06. The molecule has 2 amide bonds. The summed E-state index contributed by atoms with van der Waals surface area (Å²) in [6.45, 7) is 2.89. The van der Waals surface area contributed by atoms with Crippen LogP contribution in [0.15, 0.2) is 42.5 Å². The van der Waals surface area contributed by atoms with Crippen LogP contribution in [0.1, 0.15) is 18.9 Å². The SMILES string of the molecule is CCN1C(=O)[C@H](CC(=O)Nc2ccc(Cl)cc2)N(Cc2ccc3c(c2)OCO3)C1=S. The van der Waals surface area contributed by atoms with E-state index in [4.69, 9.17) is 33.3 Å². The van der Waals surface area contributed by atoms with Crippen molar-refractivity contribution in [1.82, 2.24) is 9.80 Å². The molecule has 1 atom stereocenters. The zero-order valence-electron chi connectivity index (χ0n) is 16.3. The molecule has 0 radical (unpaired) electrons. The molecule has 0 unspecified atom stereocenters. The largest absolute Gasteiger partial charge is 0.454 e. The first-order valence-electron chi connectivity index (χ1n) is 9.52. The number of thiocarbonyl (C=S) groups is 1. The van der Waals surface area contributed by atoms with Gasteiger partial charge >= 0.3 is 0 Å². The Morgan fingerprint density at radius 1 is 1.20 bits per heavy atom. The van der Waals surface area contributed by atoms with Gasteiger partial charge in [0.25, 0.3) is 5.91 Å². The highest BCUT2D eigenvalue weighted by Crippen LogP contribution is 2.33. The fourth-order valence-corrected chi connectivity index (χ4v) is 4.06. The number of benzene rings is 2. The summed E-state index contributed by atoms with van der Waals surface area (Å²) in [7, 11) is 0. The van der Waals surface area contributed by atoms with E-state index in [-0.39, 0.29) is 25.0 Å². The number of anilines is 1. The van der Waals surface area contributed by atoms with Crippen molar-refractivity contribution >= 4 is 46.4 Å². The molecule has 1 fully saturated rings. The van der Waals surface area contributed by atoms with Crippen molar-refractivity contribution < 1.29 is 19.1 Å². The summed E-state index contributed by atoms with van der Waals surface area (Å²) in [4.78, 5) is 28.9. The molecule has 2 aromatic carbocycles. The lowest BCUT2D eigenvalue weighted by molar-refractivity contribution is -0.130. The summed E-state index contributed by atoms with van der Waals surface area (Å²) in [5, 5.41) is 3.81. The summed E-state index contributed by atoms with van der Waals surface area (Å²) < 4.78 is 10.8. The highest BCUT2D eigenvalue weighted by Gasteiger charge is 2.42. The van der Waals surface area contributed by atoms with Gasteiger partial charge < -0.3 is 19.7 Å². The average molecular weight is 446 g/mol. The van der Waals surface area contributed by atoms with Gasteiger partial charge in [0.2, 0.25) is 12.7 Å². The van der Waals surface area contributed by atoms with Gasteiger partial charge in [0.05, 0.1) is 6.42 Å². The van der Waals surface area contributed by atoms with E-state index in [2.05, 4.69) is 5.32 Å². The van der Waals surface area contributed by atoms with Crippen LogP contribution in [0.5, 0.6) is 11.5 Å². The Balaban J connectivity index is 1.51. The molecule has 1 N–H and O–H groups in total. The van der Waals surface area contributed by atoms with Crippen LogP contribution in [0.4, 0.5) is 5.69 Å². The smallest absolute Gasteiger partial charge is 0.252 e. The molecule has 0 bridgehead atoms. The van der Waals surface area contributed by atoms with Gasteiger partial charge in [-0.2, -0.15) is 0 Å². The van der Waals surface area contributed by atoms with E-state index in [1.165, 1.54) is 4.90 Å². The Bertz CT molecular complexity index is 998. The van der Waals surface area contributed by atoms with Crippen LogP contribution in [0.3, 0.4) is 0 Å². The number of ether oxygens (including phenoxy) is 2. The predicted molar refractivity (Wildman–Crippen MR) is 117 cm³/mol. The molecule has 156 valence electrons. The van der Waals surface area contributed by atoms with Crippen LogP contribution in [0.25, 0.3) is 0 Å². The number of nitrogens with zero attached hydrogens (tertiary/aromatic N) is 2. The van der Waals surface area contributed by atoms with Gasteiger partial charge in [-0.1, -0.05) is 17.7 Å². The number of halogens is 1. The van der Waals surface area contributed by atoms with E-state index in [1.807, 2.05) is 25.1 Å². The number of hydrogen-bond acceptors (Lipinski definition) is 5. The highest BCUT2D eigenvalue weighted by atomic mass is 35.5. The summed E-state index contributed by atoms with van der Waals surface area (Å²) in [6, 6.07) is 11.7. The van der Waals surface area contributed by atoms with Crippen molar-refractivity contribution in [3.63, 3.8) is 0 Å². The molecule has 30 heavy (non-hydrogen) atoms. The molecule has 4 rings (SSSR count). The zero-order valence-corrected chi connectivity index (χ0v) is 17.8. The number of carbonyl (C=O) groups excluding carboxylic acids is 2. The summed E-state index contributed by atoms with van der Waals surface area (Å²) in [6.07, 6.45) is -0.0113. The zero-order chi connectivity index (χ0) is 21.3. The normalized spacial score (nSPS) is 17.6. The number of nitrogens with one attached hydrogen (secondary N) is 1. The van der Waals surface area contributed by atoms with Gasteiger partial charge in [-0.3, -0.25) is 14.5 Å². The molecule has 1 saturated heterocycles. The van der Waals surface area contributed by atoms with Crippen LogP contribution >= 0.6 is 23.8 Å². The van der Waals surface area contributed by atoms with Crippen LogP contribution in [0.2, 0.25) is 5.02 Å². The number of likely N-dealkylation sites (N-methyl/N-ethyl adjacent to an activating group) is 1. The van der Waals surface area contributed by atoms with Gasteiger partial charge in [-0.05, 0) is 61.1 Å². The van der Waals surface area contributed by atoms with Crippen LogP contribution < -0.4 is 14.8 Å². The first kappa shape index (κ1) is 20.4. The van der Waals surface area contributed by atoms with Gasteiger partial charge in [0, 0.05) is 23.8 Å². The van der Waals surface area contributed by atoms with Crippen molar-refractivity contribution in [2.24, 2.45) is 0 Å². The molecule has 2 aromatic rings. The van der Waals surface area contributed by atoms with Crippen LogP contribution in [-0.2, 0) is 16.1 Å². The quantitative estimate of drug-likeness (QED) is 0.687. The molecule has 0 aliphatic carbocycles. The molecule has 2 heterocycles. The number of hydrogen-bond donors (Lipinski definition) is 1. The summed E-state index contributed by atoms with van der Waals surface area (Å²) in [5.74, 6) is 0.905. The molecule has 9 heteroatoms. The number of amides is 2. The van der Waals surface area contributed by atoms with E-state index >= 15 is 0 Å². The first-order valence-corrected chi connectivity index (χ1v) is 10.3. The van der Waals surface area contributed by atoms with E-state index < -0.39 is 6.04 Å². The lowest BCUT2D eigenvalue weighted by Crippen LogP contribution is -2.37. The maximum absolute atomic E-state index is 12.9. The second kappa shape index (κ2) is 8.49. The molecular weight excluding hydrogens is 426 g/mol. The maximum atomic E-state index is 12.9. The van der Waals surface area contributed by atoms with Gasteiger partial charge in [-0.15, -0.1) is 0 Å². The maximum Gasteiger partial charge on any atom is 0.252 e. The Morgan fingerprint density at radius 2 is 1.93 bits per heavy atom. The average Bonchev–Trinajstić information content (AvgIpc) is 3.27. The van der Waals surface area contributed by atoms with E-state index in [0.29, 0.717) is 40.4 Å². The highest BCUT2D eigenvalue weighted by molar-refractivity contribution is 7.80. The van der Waals surface area contributed by atoms with E-state index in [1.54, 1.807) is 29.2 Å². The summed E-state index contributed by atoms with van der Waals surface area (Å²) in [5.41, 5.74) is 1.53. The fourth-order valence-electron chi connectivity index (χ4n) is 3.52. The molecule has 2 aliphatic rings. The third-order valence-electron chi connectivity index (χ3n) is 5.02. The molecule has 0 spiro atoms. The van der Waals surface area contributed by atoms with Gasteiger partial charge in [0.15, 0.2) is 16.6 Å². The van der Waals surface area contributed by atoms with Crippen molar-refractivity contribution in [2.45, 2.75) is 25.9 Å². The fraction of sp³-hybridized carbons (Fsp3) is 0.286. The standard InChI is InChI=1S/C21H20ClN3O4S/c1-2-24-20(27)16(10-19(26)23-15-6-4-14(22)5-7-15)25(21(24)30)11-13-3-8-17-18(9-13)29-12-28-17/h3-9,16H,2,10-12H2,1H3,(H,23,26)/t16-/m0/s1.